The van der Waals surface area contributed by atoms with E-state index >= 15 is 0 Å². The van der Waals surface area contributed by atoms with E-state index in [0.717, 1.165) is 11.3 Å². The molecule has 9 nitrogen and oxygen atoms in total. The van der Waals surface area contributed by atoms with Gasteiger partial charge in [-0.15, -0.1) is 10.2 Å². The molecule has 3 heterocycles. The summed E-state index contributed by atoms with van der Waals surface area (Å²) in [5, 5.41) is 12.2. The van der Waals surface area contributed by atoms with E-state index in [-0.39, 0.29) is 18.5 Å². The zero-order valence-electron chi connectivity index (χ0n) is 17.7. The van der Waals surface area contributed by atoms with E-state index in [1.54, 1.807) is 31.6 Å². The van der Waals surface area contributed by atoms with Gasteiger partial charge in [-0.25, -0.2) is 0 Å². The Kier molecular flexibility index (Phi) is 5.90. The van der Waals surface area contributed by atoms with Crippen LogP contribution in [0.25, 0.3) is 11.4 Å². The van der Waals surface area contributed by atoms with Gasteiger partial charge in [0.2, 0.25) is 12.7 Å². The molecule has 0 bridgehead atoms. The number of ether oxygens (including phenoxy) is 3. The number of para-hydroxylation sites is 1. The molecule has 0 atom stereocenters. The molecule has 1 aliphatic heterocycles. The largest absolute Gasteiger partial charge is 0.496 e. The quantitative estimate of drug-likeness (QED) is 0.390. The van der Waals surface area contributed by atoms with E-state index in [4.69, 9.17) is 18.6 Å². The number of amides is 1. The van der Waals surface area contributed by atoms with Gasteiger partial charge in [0.15, 0.2) is 22.5 Å². The molecular formula is C23H20N4O5S. The highest BCUT2D eigenvalue weighted by Crippen LogP contribution is 2.35. The molecule has 5 rings (SSSR count). The maximum Gasteiger partial charge on any atom is 0.234 e. The molecule has 0 unspecified atom stereocenters. The fourth-order valence-electron chi connectivity index (χ4n) is 3.43. The maximum atomic E-state index is 12.6. The molecular weight excluding hydrogens is 444 g/mol. The van der Waals surface area contributed by atoms with E-state index in [1.165, 1.54) is 11.8 Å². The number of furan rings is 1. The van der Waals surface area contributed by atoms with E-state index in [1.807, 2.05) is 41.0 Å². The van der Waals surface area contributed by atoms with Gasteiger partial charge in [0.1, 0.15) is 11.5 Å². The molecule has 4 aromatic rings. The molecule has 1 amide bonds. The number of anilines is 1. The van der Waals surface area contributed by atoms with Crippen LogP contribution in [0.5, 0.6) is 17.2 Å². The summed E-state index contributed by atoms with van der Waals surface area (Å²) in [4.78, 5) is 12.6. The molecule has 0 saturated heterocycles. The summed E-state index contributed by atoms with van der Waals surface area (Å²) in [5.41, 5.74) is 1.44. The molecule has 10 heteroatoms. The number of carbonyl (C=O) groups is 1. The molecule has 2 aromatic heterocycles. The van der Waals surface area contributed by atoms with Crippen molar-refractivity contribution in [3.63, 3.8) is 0 Å². The normalized spacial score (nSPS) is 12.0. The average Bonchev–Trinajstić information content (AvgIpc) is 3.59. The predicted molar refractivity (Wildman–Crippen MR) is 122 cm³/mol. The number of fused-ring (bicyclic) bond motifs is 1. The van der Waals surface area contributed by atoms with Crippen LogP contribution in [0.1, 0.15) is 5.76 Å². The van der Waals surface area contributed by atoms with E-state index in [0.29, 0.717) is 40.5 Å². The second kappa shape index (κ2) is 9.29. The highest BCUT2D eigenvalue weighted by Gasteiger charge is 2.20. The van der Waals surface area contributed by atoms with Gasteiger partial charge in [-0.3, -0.25) is 9.36 Å². The van der Waals surface area contributed by atoms with Crippen molar-refractivity contribution in [1.82, 2.24) is 14.8 Å². The van der Waals surface area contributed by atoms with Crippen LogP contribution in [0.4, 0.5) is 5.69 Å². The van der Waals surface area contributed by atoms with Crippen molar-refractivity contribution in [2.75, 3.05) is 25.0 Å². The number of nitrogens with zero attached hydrogens (tertiary/aromatic N) is 3. The number of aromatic nitrogens is 3. The Balaban J connectivity index is 1.35. The SMILES string of the molecule is COc1ccccc1-c1nnc(SCC(=O)Nc2ccc3c(c2)OCO3)n1Cc1ccco1. The fraction of sp³-hybridized carbons (Fsp3) is 0.174. The second-order valence-corrected chi connectivity index (χ2v) is 8.02. The summed E-state index contributed by atoms with van der Waals surface area (Å²) in [6.07, 6.45) is 1.62. The summed E-state index contributed by atoms with van der Waals surface area (Å²) in [6.45, 7) is 0.599. The number of nitrogens with one attached hydrogen (secondary N) is 1. The molecule has 0 fully saturated rings. The first-order chi connectivity index (χ1) is 16.2. The highest BCUT2D eigenvalue weighted by molar-refractivity contribution is 7.99. The van der Waals surface area contributed by atoms with E-state index in [2.05, 4.69) is 15.5 Å². The van der Waals surface area contributed by atoms with Gasteiger partial charge >= 0.3 is 0 Å². The number of rotatable bonds is 8. The van der Waals surface area contributed by atoms with E-state index < -0.39 is 0 Å². The predicted octanol–water partition coefficient (Wildman–Crippen LogP) is 4.05. The first-order valence-corrected chi connectivity index (χ1v) is 11.1. The summed E-state index contributed by atoms with van der Waals surface area (Å²) < 4.78 is 23.6. The van der Waals surface area contributed by atoms with Gasteiger partial charge in [-0.2, -0.15) is 0 Å². The Bertz CT molecular complexity index is 1270. The standard InChI is InChI=1S/C23H20N4O5S/c1-29-18-7-3-2-6-17(18)22-25-26-23(27(22)12-16-5-4-10-30-16)33-13-21(28)24-15-8-9-19-20(11-15)32-14-31-19/h2-11H,12-14H2,1H3,(H,24,28). The Morgan fingerprint density at radius 1 is 1.12 bits per heavy atom. The molecule has 0 radical (unpaired) electrons. The van der Waals surface area contributed by atoms with Crippen LogP contribution < -0.4 is 19.5 Å². The van der Waals surface area contributed by atoms with Crippen LogP contribution >= 0.6 is 11.8 Å². The zero-order valence-corrected chi connectivity index (χ0v) is 18.5. The number of thioether (sulfide) groups is 1. The van der Waals surface area contributed by atoms with Gasteiger partial charge in [-0.1, -0.05) is 23.9 Å². The smallest absolute Gasteiger partial charge is 0.234 e. The fourth-order valence-corrected chi connectivity index (χ4v) is 4.16. The maximum absolute atomic E-state index is 12.6. The van der Waals surface area contributed by atoms with Gasteiger partial charge in [0.25, 0.3) is 0 Å². The minimum Gasteiger partial charge on any atom is -0.496 e. The van der Waals surface area contributed by atoms with Crippen LogP contribution in [-0.2, 0) is 11.3 Å². The summed E-state index contributed by atoms with van der Waals surface area (Å²) in [7, 11) is 1.61. The van der Waals surface area contributed by atoms with Crippen LogP contribution in [0, 0.1) is 0 Å². The Labute approximate surface area is 193 Å². The number of benzene rings is 2. The minimum atomic E-state index is -0.176. The number of hydrogen-bond acceptors (Lipinski definition) is 8. The highest BCUT2D eigenvalue weighted by atomic mass is 32.2. The molecule has 0 aliphatic carbocycles. The van der Waals surface area contributed by atoms with Crippen LogP contribution in [0.15, 0.2) is 70.4 Å². The van der Waals surface area contributed by atoms with Crippen molar-refractivity contribution >= 4 is 23.4 Å². The minimum absolute atomic E-state index is 0.149. The lowest BCUT2D eigenvalue weighted by molar-refractivity contribution is -0.113. The zero-order chi connectivity index (χ0) is 22.6. The first kappa shape index (κ1) is 21.0. The number of methoxy groups -OCH3 is 1. The van der Waals surface area contributed by atoms with Crippen molar-refractivity contribution < 1.29 is 23.4 Å². The lowest BCUT2D eigenvalue weighted by atomic mass is 10.2. The van der Waals surface area contributed by atoms with Crippen LogP contribution in [0.3, 0.4) is 0 Å². The van der Waals surface area contributed by atoms with Crippen molar-refractivity contribution in [3.05, 3.63) is 66.6 Å². The number of hydrogen-bond donors (Lipinski definition) is 1. The Hall–Kier alpha value is -3.92. The third kappa shape index (κ3) is 4.51. The van der Waals surface area contributed by atoms with Gasteiger partial charge in [-0.05, 0) is 36.4 Å². The lowest BCUT2D eigenvalue weighted by Crippen LogP contribution is -2.14. The van der Waals surface area contributed by atoms with Gasteiger partial charge in [0, 0.05) is 11.8 Å². The molecule has 33 heavy (non-hydrogen) atoms. The van der Waals surface area contributed by atoms with Crippen molar-refractivity contribution in [2.24, 2.45) is 0 Å². The first-order valence-electron chi connectivity index (χ1n) is 10.1. The van der Waals surface area contributed by atoms with Crippen molar-refractivity contribution in [2.45, 2.75) is 11.7 Å². The molecule has 168 valence electrons. The van der Waals surface area contributed by atoms with Gasteiger partial charge < -0.3 is 23.9 Å². The molecule has 1 aliphatic rings. The lowest BCUT2D eigenvalue weighted by Gasteiger charge is -2.11. The molecule has 0 saturated carbocycles. The van der Waals surface area contributed by atoms with Crippen LogP contribution in [0.2, 0.25) is 0 Å². The monoisotopic (exact) mass is 464 g/mol. The van der Waals surface area contributed by atoms with Crippen LogP contribution in [-0.4, -0.2) is 40.3 Å². The summed E-state index contributed by atoms with van der Waals surface area (Å²) >= 11 is 1.29. The third-order valence-corrected chi connectivity index (χ3v) is 5.91. The molecule has 0 spiro atoms. The summed E-state index contributed by atoms with van der Waals surface area (Å²) in [6, 6.07) is 16.6. The Morgan fingerprint density at radius 3 is 2.85 bits per heavy atom. The molecule has 1 N–H and O–H groups in total. The third-order valence-electron chi connectivity index (χ3n) is 4.95. The average molecular weight is 465 g/mol. The Morgan fingerprint density at radius 2 is 2.00 bits per heavy atom. The van der Waals surface area contributed by atoms with Gasteiger partial charge in [0.05, 0.1) is 31.2 Å². The summed E-state index contributed by atoms with van der Waals surface area (Å²) in [5.74, 6) is 3.31. The molecule has 2 aromatic carbocycles. The number of carbonyl (C=O) groups excluding carboxylic acids is 1. The van der Waals surface area contributed by atoms with E-state index in [9.17, 15) is 4.79 Å². The van der Waals surface area contributed by atoms with Crippen molar-refractivity contribution in [1.29, 1.82) is 0 Å². The topological polar surface area (TPSA) is 101 Å². The second-order valence-electron chi connectivity index (χ2n) is 7.08. The van der Waals surface area contributed by atoms with Crippen molar-refractivity contribution in [3.8, 4) is 28.6 Å².